The van der Waals surface area contributed by atoms with Gasteiger partial charge in [0.05, 0.1) is 11.3 Å². The fourth-order valence-corrected chi connectivity index (χ4v) is 2.69. The molecule has 0 bridgehead atoms. The van der Waals surface area contributed by atoms with E-state index >= 15 is 0 Å². The third-order valence-corrected chi connectivity index (χ3v) is 4.08. The van der Waals surface area contributed by atoms with Gasteiger partial charge in [-0.2, -0.15) is 0 Å². The van der Waals surface area contributed by atoms with Gasteiger partial charge in [0.1, 0.15) is 0 Å². The van der Waals surface area contributed by atoms with Crippen molar-refractivity contribution in [2.75, 3.05) is 11.9 Å². The summed E-state index contributed by atoms with van der Waals surface area (Å²) < 4.78 is 0. The first-order chi connectivity index (χ1) is 13.2. The van der Waals surface area contributed by atoms with E-state index in [1.54, 1.807) is 42.5 Å². The van der Waals surface area contributed by atoms with E-state index in [0.717, 1.165) is 11.1 Å². The van der Waals surface area contributed by atoms with Gasteiger partial charge in [-0.15, -0.1) is 6.58 Å². The fourth-order valence-electron chi connectivity index (χ4n) is 2.69. The van der Waals surface area contributed by atoms with E-state index in [2.05, 4.69) is 17.2 Å². The molecule has 0 aliphatic rings. The first kappa shape index (κ1) is 18.1. The van der Waals surface area contributed by atoms with E-state index in [1.807, 2.05) is 42.5 Å². The molecule has 2 N–H and O–H groups in total. The summed E-state index contributed by atoms with van der Waals surface area (Å²) in [5.41, 5.74) is 3.53. The van der Waals surface area contributed by atoms with Crippen molar-refractivity contribution in [2.45, 2.75) is 0 Å². The quantitative estimate of drug-likeness (QED) is 0.638. The van der Waals surface area contributed by atoms with Gasteiger partial charge in [0, 0.05) is 12.1 Å². The highest BCUT2D eigenvalue weighted by molar-refractivity contribution is 6.09. The molecule has 0 aliphatic heterocycles. The van der Waals surface area contributed by atoms with Crippen LogP contribution in [0, 0.1) is 0 Å². The lowest BCUT2D eigenvalue weighted by molar-refractivity contribution is 0.0959. The van der Waals surface area contributed by atoms with E-state index in [4.69, 9.17) is 0 Å². The Labute approximate surface area is 158 Å². The van der Waals surface area contributed by atoms with Crippen molar-refractivity contribution in [3.05, 3.63) is 103 Å². The third kappa shape index (κ3) is 4.50. The number of carbonyl (C=O) groups is 2. The van der Waals surface area contributed by atoms with E-state index in [1.165, 1.54) is 0 Å². The van der Waals surface area contributed by atoms with Crippen LogP contribution in [0.15, 0.2) is 91.5 Å². The van der Waals surface area contributed by atoms with Crippen LogP contribution >= 0.6 is 0 Å². The highest BCUT2D eigenvalue weighted by Gasteiger charge is 2.13. The normalized spacial score (nSPS) is 10.1. The summed E-state index contributed by atoms with van der Waals surface area (Å²) in [6.45, 7) is 3.94. The topological polar surface area (TPSA) is 58.2 Å². The molecule has 2 amide bonds. The Morgan fingerprint density at radius 1 is 0.778 bits per heavy atom. The molecule has 0 atom stereocenters. The molecule has 0 saturated carbocycles. The second-order valence-corrected chi connectivity index (χ2v) is 5.94. The predicted molar refractivity (Wildman–Crippen MR) is 109 cm³/mol. The summed E-state index contributed by atoms with van der Waals surface area (Å²) in [5.74, 6) is -0.524. The Morgan fingerprint density at radius 2 is 1.41 bits per heavy atom. The van der Waals surface area contributed by atoms with Crippen LogP contribution in [0.1, 0.15) is 20.7 Å². The summed E-state index contributed by atoms with van der Waals surface area (Å²) in [6, 6.07) is 24.2. The van der Waals surface area contributed by atoms with Gasteiger partial charge in [-0.05, 0) is 35.4 Å². The van der Waals surface area contributed by atoms with Crippen molar-refractivity contribution >= 4 is 17.5 Å². The highest BCUT2D eigenvalue weighted by Crippen LogP contribution is 2.20. The maximum absolute atomic E-state index is 12.6. The van der Waals surface area contributed by atoms with Gasteiger partial charge >= 0.3 is 0 Å². The summed E-state index contributed by atoms with van der Waals surface area (Å²) >= 11 is 0. The van der Waals surface area contributed by atoms with Crippen molar-refractivity contribution in [1.29, 1.82) is 0 Å². The molecule has 0 aromatic heterocycles. The number of amides is 2. The van der Waals surface area contributed by atoms with Crippen LogP contribution in [-0.2, 0) is 0 Å². The summed E-state index contributed by atoms with van der Waals surface area (Å²) in [6.07, 6.45) is 1.60. The fraction of sp³-hybridized carbons (Fsp3) is 0.0435. The van der Waals surface area contributed by atoms with Crippen LogP contribution in [0.3, 0.4) is 0 Å². The zero-order chi connectivity index (χ0) is 19.1. The Bertz CT molecular complexity index is 948. The maximum atomic E-state index is 12.6. The number of hydrogen-bond acceptors (Lipinski definition) is 2. The number of benzene rings is 3. The molecule has 3 rings (SSSR count). The van der Waals surface area contributed by atoms with Crippen LogP contribution < -0.4 is 10.6 Å². The van der Waals surface area contributed by atoms with Crippen molar-refractivity contribution in [3.8, 4) is 11.1 Å². The average Bonchev–Trinajstić information content (AvgIpc) is 2.73. The minimum Gasteiger partial charge on any atom is -0.349 e. The van der Waals surface area contributed by atoms with E-state index in [0.29, 0.717) is 23.4 Å². The van der Waals surface area contributed by atoms with Gasteiger partial charge < -0.3 is 10.6 Å². The molecular weight excluding hydrogens is 336 g/mol. The van der Waals surface area contributed by atoms with Gasteiger partial charge in [-0.1, -0.05) is 60.7 Å². The van der Waals surface area contributed by atoms with E-state index < -0.39 is 0 Å². The molecule has 3 aromatic carbocycles. The molecule has 27 heavy (non-hydrogen) atoms. The van der Waals surface area contributed by atoms with E-state index in [-0.39, 0.29) is 11.8 Å². The lowest BCUT2D eigenvalue weighted by Crippen LogP contribution is -2.25. The number of para-hydroxylation sites is 1. The molecule has 0 fully saturated rings. The standard InChI is InChI=1S/C23H20N2O2/c1-2-16-24-23(27)20-10-6-7-11-21(20)25-22(26)19-14-12-18(13-15-19)17-8-4-3-5-9-17/h2-15H,1,16H2,(H,24,27)(H,25,26). The summed E-state index contributed by atoms with van der Waals surface area (Å²) in [4.78, 5) is 24.8. The Balaban J connectivity index is 1.76. The van der Waals surface area contributed by atoms with E-state index in [9.17, 15) is 9.59 Å². The number of carbonyl (C=O) groups excluding carboxylic acids is 2. The molecule has 0 radical (unpaired) electrons. The molecule has 0 spiro atoms. The number of anilines is 1. The molecule has 134 valence electrons. The zero-order valence-electron chi connectivity index (χ0n) is 14.8. The SMILES string of the molecule is C=CCNC(=O)c1ccccc1NC(=O)c1ccc(-c2ccccc2)cc1. The Morgan fingerprint density at radius 3 is 2.11 bits per heavy atom. The first-order valence-electron chi connectivity index (χ1n) is 8.64. The van der Waals surface area contributed by atoms with Crippen molar-refractivity contribution < 1.29 is 9.59 Å². The third-order valence-electron chi connectivity index (χ3n) is 4.08. The van der Waals surface area contributed by atoms with Crippen molar-refractivity contribution in [1.82, 2.24) is 5.32 Å². The second-order valence-electron chi connectivity index (χ2n) is 5.94. The number of hydrogen-bond donors (Lipinski definition) is 2. The average molecular weight is 356 g/mol. The van der Waals surface area contributed by atoms with Gasteiger partial charge in [-0.25, -0.2) is 0 Å². The minimum atomic E-state index is -0.265. The minimum absolute atomic E-state index is 0.259. The lowest BCUT2D eigenvalue weighted by Gasteiger charge is -2.11. The molecule has 0 unspecified atom stereocenters. The second kappa shape index (κ2) is 8.63. The van der Waals surface area contributed by atoms with Gasteiger partial charge in [0.2, 0.25) is 0 Å². The van der Waals surface area contributed by atoms with Gasteiger partial charge in [0.15, 0.2) is 0 Å². The summed E-state index contributed by atoms with van der Waals surface area (Å²) in [5, 5.41) is 5.54. The molecule has 0 saturated heterocycles. The van der Waals surface area contributed by atoms with Crippen molar-refractivity contribution in [3.63, 3.8) is 0 Å². The molecule has 3 aromatic rings. The first-order valence-corrected chi connectivity index (χ1v) is 8.64. The van der Waals surface area contributed by atoms with Crippen LogP contribution in [0.5, 0.6) is 0 Å². The number of rotatable bonds is 6. The molecule has 4 nitrogen and oxygen atoms in total. The Kier molecular flexibility index (Phi) is 5.80. The van der Waals surface area contributed by atoms with Crippen LogP contribution in [-0.4, -0.2) is 18.4 Å². The molecule has 0 heterocycles. The maximum Gasteiger partial charge on any atom is 0.255 e. The molecule has 0 aliphatic carbocycles. The molecular formula is C23H20N2O2. The largest absolute Gasteiger partial charge is 0.349 e. The summed E-state index contributed by atoms with van der Waals surface area (Å²) in [7, 11) is 0. The van der Waals surface area contributed by atoms with Gasteiger partial charge in [-0.3, -0.25) is 9.59 Å². The van der Waals surface area contributed by atoms with Crippen molar-refractivity contribution in [2.24, 2.45) is 0 Å². The van der Waals surface area contributed by atoms with Crippen LogP contribution in [0.2, 0.25) is 0 Å². The Hall–Kier alpha value is -3.66. The zero-order valence-corrected chi connectivity index (χ0v) is 14.8. The highest BCUT2D eigenvalue weighted by atomic mass is 16.2. The predicted octanol–water partition coefficient (Wildman–Crippen LogP) is 4.52. The lowest BCUT2D eigenvalue weighted by atomic mass is 10.0. The van der Waals surface area contributed by atoms with Crippen LogP contribution in [0.4, 0.5) is 5.69 Å². The van der Waals surface area contributed by atoms with Gasteiger partial charge in [0.25, 0.3) is 11.8 Å². The smallest absolute Gasteiger partial charge is 0.255 e. The number of nitrogens with one attached hydrogen (secondary N) is 2. The molecule has 4 heteroatoms. The monoisotopic (exact) mass is 356 g/mol. The van der Waals surface area contributed by atoms with Crippen LogP contribution in [0.25, 0.3) is 11.1 Å².